The first kappa shape index (κ1) is 13.0. The second-order valence-corrected chi connectivity index (χ2v) is 5.55. The van der Waals surface area contributed by atoms with E-state index >= 15 is 0 Å². The van der Waals surface area contributed by atoms with Gasteiger partial charge in [0.2, 0.25) is 5.79 Å². The second kappa shape index (κ2) is 4.52. The van der Waals surface area contributed by atoms with Crippen LogP contribution in [0.5, 0.6) is 11.5 Å². The molecule has 1 aromatic rings. The first-order valence-corrected chi connectivity index (χ1v) is 6.67. The first-order valence-electron chi connectivity index (χ1n) is 6.67. The highest BCUT2D eigenvalue weighted by Crippen LogP contribution is 2.40. The molecule has 20 heavy (non-hydrogen) atoms. The van der Waals surface area contributed by atoms with Gasteiger partial charge < -0.3 is 20.1 Å². The van der Waals surface area contributed by atoms with Crippen molar-refractivity contribution in [2.45, 2.75) is 26.6 Å². The lowest BCUT2D eigenvalue weighted by molar-refractivity contribution is -0.112. The molecular weight excluding hydrogens is 256 g/mol. The molecule has 0 radical (unpaired) electrons. The Hall–Kier alpha value is -2.01. The lowest BCUT2D eigenvalue weighted by Crippen LogP contribution is -2.36. The van der Waals surface area contributed by atoms with Gasteiger partial charge in [0.1, 0.15) is 0 Å². The van der Waals surface area contributed by atoms with Crippen LogP contribution in [0.2, 0.25) is 0 Å². The number of rotatable bonds is 2. The van der Waals surface area contributed by atoms with Gasteiger partial charge in [-0.1, -0.05) is 0 Å². The zero-order valence-electron chi connectivity index (χ0n) is 11.9. The molecule has 1 saturated heterocycles. The van der Waals surface area contributed by atoms with Gasteiger partial charge >= 0.3 is 0 Å². The number of amides is 1. The van der Waals surface area contributed by atoms with E-state index in [4.69, 9.17) is 9.47 Å². The fourth-order valence-corrected chi connectivity index (χ4v) is 2.20. The summed E-state index contributed by atoms with van der Waals surface area (Å²) in [4.78, 5) is 12.1. The van der Waals surface area contributed by atoms with Crippen molar-refractivity contribution in [3.63, 3.8) is 0 Å². The van der Waals surface area contributed by atoms with Crippen LogP contribution in [0, 0.1) is 0 Å². The van der Waals surface area contributed by atoms with Gasteiger partial charge in [0.25, 0.3) is 5.91 Å². The van der Waals surface area contributed by atoms with Crippen molar-refractivity contribution in [1.82, 2.24) is 5.32 Å². The Bertz CT molecular complexity index is 599. The van der Waals surface area contributed by atoms with Crippen LogP contribution in [0.15, 0.2) is 29.3 Å². The predicted octanol–water partition coefficient (Wildman–Crippen LogP) is 2.05. The van der Waals surface area contributed by atoms with E-state index in [1.165, 1.54) is 0 Å². The zero-order chi connectivity index (χ0) is 14.3. The first-order chi connectivity index (χ1) is 9.44. The maximum atomic E-state index is 12.1. The molecule has 1 aromatic carbocycles. The monoisotopic (exact) mass is 274 g/mol. The number of fused-ring (bicyclic) bond motifs is 1. The van der Waals surface area contributed by atoms with Crippen molar-refractivity contribution in [3.8, 4) is 11.5 Å². The average Bonchev–Trinajstić information content (AvgIpc) is 2.59. The number of hydrogen-bond acceptors (Lipinski definition) is 4. The molecule has 2 heterocycles. The van der Waals surface area contributed by atoms with Gasteiger partial charge in [-0.3, -0.25) is 4.79 Å². The van der Waals surface area contributed by atoms with Crippen LogP contribution in [0.3, 0.4) is 0 Å². The largest absolute Gasteiger partial charge is 0.449 e. The normalized spacial score (nSPS) is 18.4. The quantitative estimate of drug-likeness (QED) is 0.810. The molecule has 5 heteroatoms. The molecular formula is C15H18N2O3. The summed E-state index contributed by atoms with van der Waals surface area (Å²) < 4.78 is 11.3. The lowest BCUT2D eigenvalue weighted by Gasteiger charge is -2.21. The minimum atomic E-state index is -0.652. The second-order valence-electron chi connectivity index (χ2n) is 5.55. The Morgan fingerprint density at radius 3 is 2.60 bits per heavy atom. The van der Waals surface area contributed by atoms with Crippen LogP contribution in [-0.2, 0) is 4.79 Å². The van der Waals surface area contributed by atoms with Gasteiger partial charge in [-0.05, 0) is 24.6 Å². The summed E-state index contributed by atoms with van der Waals surface area (Å²) in [7, 11) is 0. The summed E-state index contributed by atoms with van der Waals surface area (Å²) in [5.41, 5.74) is 2.65. The van der Waals surface area contributed by atoms with Gasteiger partial charge in [0.05, 0.1) is 0 Å². The van der Waals surface area contributed by atoms with Crippen molar-refractivity contribution in [2.75, 3.05) is 18.4 Å². The Balaban J connectivity index is 1.75. The predicted molar refractivity (Wildman–Crippen MR) is 76.0 cm³/mol. The number of benzene rings is 1. The van der Waals surface area contributed by atoms with E-state index in [9.17, 15) is 4.79 Å². The van der Waals surface area contributed by atoms with Crippen LogP contribution in [0.1, 0.15) is 20.8 Å². The fraction of sp³-hybridized carbons (Fsp3) is 0.400. The highest BCUT2D eigenvalue weighted by atomic mass is 16.7. The Labute approximate surface area is 118 Å². The Morgan fingerprint density at radius 1 is 1.25 bits per heavy atom. The van der Waals surface area contributed by atoms with Crippen LogP contribution in [0.25, 0.3) is 0 Å². The number of hydrogen-bond donors (Lipinski definition) is 2. The molecule has 0 atom stereocenters. The molecule has 0 aromatic heterocycles. The van der Waals surface area contributed by atoms with E-state index in [1.54, 1.807) is 6.07 Å². The van der Waals surface area contributed by atoms with E-state index in [2.05, 4.69) is 10.6 Å². The highest BCUT2D eigenvalue weighted by molar-refractivity contribution is 6.04. The molecule has 0 unspecified atom stereocenters. The highest BCUT2D eigenvalue weighted by Gasteiger charge is 2.31. The van der Waals surface area contributed by atoms with E-state index in [-0.39, 0.29) is 5.91 Å². The van der Waals surface area contributed by atoms with E-state index in [1.807, 2.05) is 32.9 Å². The summed E-state index contributed by atoms with van der Waals surface area (Å²) in [6.45, 7) is 7.15. The molecule has 1 fully saturated rings. The molecule has 5 nitrogen and oxygen atoms in total. The third kappa shape index (κ3) is 2.36. The van der Waals surface area contributed by atoms with Crippen LogP contribution >= 0.6 is 0 Å². The Morgan fingerprint density at radius 2 is 1.95 bits per heavy atom. The molecule has 106 valence electrons. The summed E-state index contributed by atoms with van der Waals surface area (Å²) >= 11 is 0. The smallest absolute Gasteiger partial charge is 0.251 e. The summed E-state index contributed by atoms with van der Waals surface area (Å²) in [5, 5.41) is 6.02. The lowest BCUT2D eigenvalue weighted by atomic mass is 10.0. The minimum Gasteiger partial charge on any atom is -0.449 e. The minimum absolute atomic E-state index is 0.0698. The standard InChI is InChI=1S/C15H18N2O3/c1-9(10-7-16-8-10)14(18)17-11-4-5-12-13(6-11)20-15(2,3)19-12/h4-6,16H,7-8H2,1-3H3,(H,17,18). The molecule has 0 saturated carbocycles. The van der Waals surface area contributed by atoms with Crippen molar-refractivity contribution in [2.24, 2.45) is 0 Å². The maximum Gasteiger partial charge on any atom is 0.251 e. The summed E-state index contributed by atoms with van der Waals surface area (Å²) in [6.07, 6.45) is 0. The molecule has 0 spiro atoms. The van der Waals surface area contributed by atoms with E-state index in [0.29, 0.717) is 17.2 Å². The molecule has 0 bridgehead atoms. The summed E-state index contributed by atoms with van der Waals surface area (Å²) in [6, 6.07) is 5.42. The van der Waals surface area contributed by atoms with Gasteiger partial charge in [0.15, 0.2) is 11.5 Å². The van der Waals surface area contributed by atoms with Crippen molar-refractivity contribution < 1.29 is 14.3 Å². The molecule has 1 amide bonds. The van der Waals surface area contributed by atoms with Crippen molar-refractivity contribution >= 4 is 11.6 Å². The molecule has 2 aliphatic heterocycles. The average molecular weight is 274 g/mol. The third-order valence-electron chi connectivity index (χ3n) is 3.46. The van der Waals surface area contributed by atoms with Crippen molar-refractivity contribution in [3.05, 3.63) is 29.3 Å². The van der Waals surface area contributed by atoms with Crippen molar-refractivity contribution in [1.29, 1.82) is 0 Å². The van der Waals surface area contributed by atoms with Gasteiger partial charge in [-0.2, -0.15) is 0 Å². The van der Waals surface area contributed by atoms with Gasteiger partial charge in [0, 0.05) is 44.3 Å². The summed E-state index contributed by atoms with van der Waals surface area (Å²) in [5.74, 6) is 0.634. The van der Waals surface area contributed by atoms with E-state index < -0.39 is 5.79 Å². The van der Waals surface area contributed by atoms with Gasteiger partial charge in [-0.25, -0.2) is 0 Å². The SMILES string of the molecule is CC(C(=O)Nc1ccc2c(c1)OC(C)(C)O2)=C1CNC1. The third-order valence-corrected chi connectivity index (χ3v) is 3.46. The number of carbonyl (C=O) groups is 1. The number of nitrogens with one attached hydrogen (secondary N) is 2. The maximum absolute atomic E-state index is 12.1. The van der Waals surface area contributed by atoms with Crippen LogP contribution in [-0.4, -0.2) is 24.8 Å². The fourth-order valence-electron chi connectivity index (χ4n) is 2.20. The van der Waals surface area contributed by atoms with Crippen LogP contribution in [0.4, 0.5) is 5.69 Å². The molecule has 2 aliphatic rings. The number of carbonyl (C=O) groups excluding carboxylic acids is 1. The molecule has 0 aliphatic carbocycles. The topological polar surface area (TPSA) is 59.6 Å². The molecule has 2 N–H and O–H groups in total. The zero-order valence-corrected chi connectivity index (χ0v) is 11.9. The van der Waals surface area contributed by atoms with Crippen LogP contribution < -0.4 is 20.1 Å². The van der Waals surface area contributed by atoms with E-state index in [0.717, 1.165) is 24.2 Å². The van der Waals surface area contributed by atoms with Gasteiger partial charge in [-0.15, -0.1) is 0 Å². The molecule has 3 rings (SSSR count). The Kier molecular flexibility index (Phi) is 2.94. The number of ether oxygens (including phenoxy) is 2. The number of anilines is 1.